The average molecular weight is 607 g/mol. The predicted octanol–water partition coefficient (Wildman–Crippen LogP) is 5.33. The number of pyridine rings is 1. The standard InChI is InChI=1S/C36H38N4O5/c1-5-33(41)37-32-20-25(11-14-30(32)36(44)40-15-17-45-18-16-40)19-27-21-28(22-39(4)35(27)43)29-7-6-8-31(24(29)3)38-34(42)26-12-9-23(2)10-13-26/h6-14,20-22H,5,15-19H2,1-4H3,(H,37,41)(H,38,42). The van der Waals surface area contributed by atoms with E-state index in [0.717, 1.165) is 27.8 Å². The number of hydrogen-bond acceptors (Lipinski definition) is 5. The number of hydrogen-bond donors (Lipinski definition) is 2. The van der Waals surface area contributed by atoms with Gasteiger partial charge in [0.25, 0.3) is 17.4 Å². The maximum Gasteiger partial charge on any atom is 0.256 e. The van der Waals surface area contributed by atoms with E-state index in [4.69, 9.17) is 4.74 Å². The van der Waals surface area contributed by atoms with Crippen LogP contribution in [0.25, 0.3) is 11.1 Å². The highest BCUT2D eigenvalue weighted by Gasteiger charge is 2.22. The van der Waals surface area contributed by atoms with Crippen LogP contribution < -0.4 is 16.2 Å². The summed E-state index contributed by atoms with van der Waals surface area (Å²) in [7, 11) is 1.71. The van der Waals surface area contributed by atoms with E-state index in [0.29, 0.717) is 60.8 Å². The van der Waals surface area contributed by atoms with Crippen molar-refractivity contribution >= 4 is 29.1 Å². The van der Waals surface area contributed by atoms with Crippen molar-refractivity contribution in [2.45, 2.75) is 33.6 Å². The van der Waals surface area contributed by atoms with Gasteiger partial charge in [0.1, 0.15) is 0 Å². The monoisotopic (exact) mass is 606 g/mol. The number of rotatable bonds is 8. The number of anilines is 2. The van der Waals surface area contributed by atoms with Crippen LogP contribution in [0.4, 0.5) is 11.4 Å². The zero-order valence-corrected chi connectivity index (χ0v) is 26.1. The molecule has 1 saturated heterocycles. The summed E-state index contributed by atoms with van der Waals surface area (Å²) in [5.41, 5.74) is 6.95. The summed E-state index contributed by atoms with van der Waals surface area (Å²) in [5, 5.41) is 5.90. The van der Waals surface area contributed by atoms with Crippen LogP contribution in [0.3, 0.4) is 0 Å². The maximum absolute atomic E-state index is 13.3. The largest absolute Gasteiger partial charge is 0.378 e. The van der Waals surface area contributed by atoms with Gasteiger partial charge in [0.05, 0.1) is 24.5 Å². The molecule has 9 heteroatoms. The second-order valence-corrected chi connectivity index (χ2v) is 11.3. The number of ether oxygens (including phenoxy) is 1. The summed E-state index contributed by atoms with van der Waals surface area (Å²) in [4.78, 5) is 53.7. The van der Waals surface area contributed by atoms with E-state index in [-0.39, 0.29) is 29.7 Å². The summed E-state index contributed by atoms with van der Waals surface area (Å²) in [5.74, 6) is -0.567. The SMILES string of the molecule is CCC(=O)Nc1cc(Cc2cc(-c3cccc(NC(=O)c4ccc(C)cc4)c3C)cn(C)c2=O)ccc1C(=O)N1CCOCC1. The number of aryl methyl sites for hydroxylation is 2. The van der Waals surface area contributed by atoms with E-state index in [1.54, 1.807) is 53.9 Å². The van der Waals surface area contributed by atoms with Gasteiger partial charge in [-0.1, -0.05) is 42.8 Å². The summed E-state index contributed by atoms with van der Waals surface area (Å²) in [6, 6.07) is 20.3. The molecule has 45 heavy (non-hydrogen) atoms. The van der Waals surface area contributed by atoms with Gasteiger partial charge in [0, 0.05) is 56.0 Å². The molecule has 9 nitrogen and oxygen atoms in total. The van der Waals surface area contributed by atoms with Crippen molar-refractivity contribution < 1.29 is 19.1 Å². The Balaban J connectivity index is 1.45. The van der Waals surface area contributed by atoms with Gasteiger partial charge in [0.2, 0.25) is 5.91 Å². The van der Waals surface area contributed by atoms with Crippen molar-refractivity contribution in [1.82, 2.24) is 9.47 Å². The second kappa shape index (κ2) is 13.7. The molecule has 0 radical (unpaired) electrons. The molecule has 1 aliphatic rings. The maximum atomic E-state index is 13.3. The first kappa shape index (κ1) is 31.4. The molecular formula is C36H38N4O5. The van der Waals surface area contributed by atoms with Gasteiger partial charge in [-0.15, -0.1) is 0 Å². The molecule has 0 atom stereocenters. The highest BCUT2D eigenvalue weighted by Crippen LogP contribution is 2.30. The number of nitrogens with one attached hydrogen (secondary N) is 2. The van der Waals surface area contributed by atoms with Crippen LogP contribution >= 0.6 is 0 Å². The molecular weight excluding hydrogens is 568 g/mol. The van der Waals surface area contributed by atoms with E-state index in [2.05, 4.69) is 10.6 Å². The summed E-state index contributed by atoms with van der Waals surface area (Å²) >= 11 is 0. The summed E-state index contributed by atoms with van der Waals surface area (Å²) in [6.45, 7) is 7.59. The zero-order valence-electron chi connectivity index (χ0n) is 26.1. The first-order chi connectivity index (χ1) is 21.6. The predicted molar refractivity (Wildman–Crippen MR) is 176 cm³/mol. The summed E-state index contributed by atoms with van der Waals surface area (Å²) in [6.07, 6.45) is 2.35. The molecule has 1 aromatic heterocycles. The van der Waals surface area contributed by atoms with Crippen LogP contribution in [0.1, 0.15) is 56.3 Å². The van der Waals surface area contributed by atoms with Crippen molar-refractivity contribution in [3.05, 3.63) is 117 Å². The number of morpholine rings is 1. The van der Waals surface area contributed by atoms with Crippen LogP contribution in [0.2, 0.25) is 0 Å². The van der Waals surface area contributed by atoms with Crippen molar-refractivity contribution in [3.8, 4) is 11.1 Å². The fourth-order valence-electron chi connectivity index (χ4n) is 5.42. The fraction of sp³-hybridized carbons (Fsp3) is 0.278. The van der Waals surface area contributed by atoms with Gasteiger partial charge >= 0.3 is 0 Å². The molecule has 0 spiro atoms. The lowest BCUT2D eigenvalue weighted by Gasteiger charge is -2.27. The lowest BCUT2D eigenvalue weighted by atomic mass is 9.96. The number of aromatic nitrogens is 1. The van der Waals surface area contributed by atoms with Crippen LogP contribution in [0.5, 0.6) is 0 Å². The number of nitrogens with zero attached hydrogens (tertiary/aromatic N) is 2. The first-order valence-electron chi connectivity index (χ1n) is 15.1. The van der Waals surface area contributed by atoms with E-state index >= 15 is 0 Å². The lowest BCUT2D eigenvalue weighted by molar-refractivity contribution is -0.115. The minimum absolute atomic E-state index is 0.146. The Morgan fingerprint density at radius 2 is 1.62 bits per heavy atom. The van der Waals surface area contributed by atoms with Gasteiger partial charge in [0.15, 0.2) is 0 Å². The third-order valence-corrected chi connectivity index (χ3v) is 8.07. The zero-order chi connectivity index (χ0) is 32.1. The molecule has 5 rings (SSSR count). The number of carbonyl (C=O) groups excluding carboxylic acids is 3. The van der Waals surface area contributed by atoms with E-state index < -0.39 is 0 Å². The highest BCUT2D eigenvalue weighted by atomic mass is 16.5. The third-order valence-electron chi connectivity index (χ3n) is 8.07. The smallest absolute Gasteiger partial charge is 0.256 e. The number of carbonyl (C=O) groups is 3. The Kier molecular flexibility index (Phi) is 9.59. The Bertz CT molecular complexity index is 1800. The number of amides is 3. The van der Waals surface area contributed by atoms with E-state index in [1.165, 1.54) is 0 Å². The van der Waals surface area contributed by atoms with Crippen molar-refractivity contribution in [1.29, 1.82) is 0 Å². The molecule has 1 aliphatic heterocycles. The Labute approximate surface area is 262 Å². The van der Waals surface area contributed by atoms with E-state index in [1.807, 2.05) is 56.3 Å². The van der Waals surface area contributed by atoms with Gasteiger partial charge in [-0.25, -0.2) is 0 Å². The fourth-order valence-corrected chi connectivity index (χ4v) is 5.42. The minimum Gasteiger partial charge on any atom is -0.378 e. The molecule has 0 bridgehead atoms. The molecule has 0 unspecified atom stereocenters. The molecule has 3 amide bonds. The van der Waals surface area contributed by atoms with Crippen LogP contribution in [-0.2, 0) is 23.0 Å². The van der Waals surface area contributed by atoms with E-state index in [9.17, 15) is 19.2 Å². The Morgan fingerprint density at radius 3 is 2.33 bits per heavy atom. The molecule has 3 aromatic carbocycles. The summed E-state index contributed by atoms with van der Waals surface area (Å²) < 4.78 is 6.94. The quantitative estimate of drug-likeness (QED) is 0.282. The van der Waals surface area contributed by atoms with Gasteiger partial charge in [-0.05, 0) is 72.5 Å². The Morgan fingerprint density at radius 1 is 0.889 bits per heavy atom. The molecule has 0 aliphatic carbocycles. The van der Waals surface area contributed by atoms with Crippen molar-refractivity contribution in [3.63, 3.8) is 0 Å². The lowest BCUT2D eigenvalue weighted by Crippen LogP contribution is -2.41. The average Bonchev–Trinajstić information content (AvgIpc) is 3.04. The van der Waals surface area contributed by atoms with Gasteiger partial charge < -0.3 is 24.8 Å². The Hall–Kier alpha value is -5.02. The third kappa shape index (κ3) is 7.21. The number of benzene rings is 3. The first-order valence-corrected chi connectivity index (χ1v) is 15.1. The van der Waals surface area contributed by atoms with Crippen molar-refractivity contribution in [2.24, 2.45) is 7.05 Å². The molecule has 232 valence electrons. The molecule has 2 heterocycles. The van der Waals surface area contributed by atoms with Crippen LogP contribution in [0, 0.1) is 13.8 Å². The van der Waals surface area contributed by atoms with Gasteiger partial charge in [-0.2, -0.15) is 0 Å². The topological polar surface area (TPSA) is 110 Å². The molecule has 2 N–H and O–H groups in total. The van der Waals surface area contributed by atoms with Crippen LogP contribution in [-0.4, -0.2) is 53.5 Å². The molecule has 1 fully saturated rings. The van der Waals surface area contributed by atoms with Crippen molar-refractivity contribution in [2.75, 3.05) is 36.9 Å². The van der Waals surface area contributed by atoms with Gasteiger partial charge in [-0.3, -0.25) is 19.2 Å². The molecule has 0 saturated carbocycles. The minimum atomic E-state index is -0.203. The molecule has 4 aromatic rings. The van der Waals surface area contributed by atoms with Crippen LogP contribution in [0.15, 0.2) is 77.7 Å². The normalized spacial score (nSPS) is 12.9. The second-order valence-electron chi connectivity index (χ2n) is 11.3. The highest BCUT2D eigenvalue weighted by molar-refractivity contribution is 6.05.